The van der Waals surface area contributed by atoms with Crippen LogP contribution in [-0.2, 0) is 0 Å². The maximum absolute atomic E-state index is 12.3. The Morgan fingerprint density at radius 3 is 2.60 bits per heavy atom. The van der Waals surface area contributed by atoms with Gasteiger partial charge in [-0.3, -0.25) is 14.5 Å². The molecule has 1 atom stereocenters. The molecule has 0 saturated carbocycles. The molecule has 1 unspecified atom stereocenters. The van der Waals surface area contributed by atoms with Crippen LogP contribution in [0.15, 0.2) is 23.1 Å². The number of piperazine rings is 1. The maximum atomic E-state index is 12.3. The predicted octanol–water partition coefficient (Wildman–Crippen LogP) is -0.272. The number of aromatic nitrogens is 1. The highest BCUT2D eigenvalue weighted by Gasteiger charge is 2.22. The third kappa shape index (κ3) is 3.68. The molecule has 0 aromatic carbocycles. The number of hydrogen-bond acceptors (Lipinski definition) is 4. The van der Waals surface area contributed by atoms with Gasteiger partial charge >= 0.3 is 0 Å². The minimum absolute atomic E-state index is 0.0206. The van der Waals surface area contributed by atoms with Gasteiger partial charge in [-0.2, -0.15) is 0 Å². The van der Waals surface area contributed by atoms with Crippen LogP contribution in [0.1, 0.15) is 17.3 Å². The summed E-state index contributed by atoms with van der Waals surface area (Å²) in [4.78, 5) is 30.0. The zero-order chi connectivity index (χ0) is 14.5. The van der Waals surface area contributed by atoms with Gasteiger partial charge in [0.2, 0.25) is 5.56 Å². The van der Waals surface area contributed by atoms with Crippen molar-refractivity contribution in [1.29, 1.82) is 0 Å². The zero-order valence-corrected chi connectivity index (χ0v) is 11.8. The van der Waals surface area contributed by atoms with Crippen molar-refractivity contribution in [1.82, 2.24) is 14.8 Å². The first-order chi connectivity index (χ1) is 9.60. The van der Waals surface area contributed by atoms with Gasteiger partial charge in [0.15, 0.2) is 0 Å². The third-order valence-electron chi connectivity index (χ3n) is 3.66. The van der Waals surface area contributed by atoms with Crippen molar-refractivity contribution in [3.8, 4) is 0 Å². The second-order valence-corrected chi connectivity index (χ2v) is 5.38. The summed E-state index contributed by atoms with van der Waals surface area (Å²) in [6, 6.07) is 2.95. The number of aromatic amines is 1. The highest BCUT2D eigenvalue weighted by Crippen LogP contribution is 2.08. The van der Waals surface area contributed by atoms with Gasteiger partial charge in [-0.1, -0.05) is 6.92 Å². The number of carbonyl (C=O) groups excluding carboxylic acids is 1. The Labute approximate surface area is 118 Å². The smallest absolute Gasteiger partial charge is 0.255 e. The molecule has 0 spiro atoms. The molecular weight excluding hydrogens is 256 g/mol. The summed E-state index contributed by atoms with van der Waals surface area (Å²) < 4.78 is 0. The van der Waals surface area contributed by atoms with Crippen molar-refractivity contribution in [2.75, 3.05) is 39.3 Å². The molecule has 2 heterocycles. The standard InChI is InChI=1S/C14H22N4O2/c1-11(8-15)10-17-4-6-18(7-5-17)14(20)12-2-3-13(19)16-9-12/h2-3,9,11H,4-8,10,15H2,1H3,(H,16,19). The number of rotatable bonds is 4. The Hall–Kier alpha value is -1.66. The fraction of sp³-hybridized carbons (Fsp3) is 0.571. The Kier molecular flexibility index (Phi) is 4.92. The quantitative estimate of drug-likeness (QED) is 0.794. The van der Waals surface area contributed by atoms with E-state index in [4.69, 9.17) is 5.73 Å². The molecule has 6 nitrogen and oxygen atoms in total. The van der Waals surface area contributed by atoms with E-state index in [1.165, 1.54) is 12.3 Å². The molecular formula is C14H22N4O2. The summed E-state index contributed by atoms with van der Waals surface area (Å²) in [5.41, 5.74) is 5.98. The Morgan fingerprint density at radius 1 is 1.35 bits per heavy atom. The van der Waals surface area contributed by atoms with Crippen LogP contribution < -0.4 is 11.3 Å². The number of pyridine rings is 1. The summed E-state index contributed by atoms with van der Waals surface area (Å²) in [5, 5.41) is 0. The van der Waals surface area contributed by atoms with Crippen LogP contribution in [0.3, 0.4) is 0 Å². The van der Waals surface area contributed by atoms with Gasteiger partial charge in [-0.05, 0) is 18.5 Å². The summed E-state index contributed by atoms with van der Waals surface area (Å²) in [5.74, 6) is 0.462. The van der Waals surface area contributed by atoms with Gasteiger partial charge in [0, 0.05) is 45.0 Å². The Morgan fingerprint density at radius 2 is 2.05 bits per heavy atom. The fourth-order valence-corrected chi connectivity index (χ4v) is 2.38. The molecule has 1 fully saturated rings. The number of nitrogens with two attached hydrogens (primary N) is 1. The number of amides is 1. The second kappa shape index (κ2) is 6.67. The molecule has 1 aliphatic rings. The monoisotopic (exact) mass is 278 g/mol. The van der Waals surface area contributed by atoms with E-state index in [1.54, 1.807) is 6.07 Å². The van der Waals surface area contributed by atoms with E-state index in [2.05, 4.69) is 16.8 Å². The van der Waals surface area contributed by atoms with Crippen LogP contribution >= 0.6 is 0 Å². The number of hydrogen-bond donors (Lipinski definition) is 2. The maximum Gasteiger partial charge on any atom is 0.255 e. The van der Waals surface area contributed by atoms with Crippen LogP contribution in [-0.4, -0.2) is 60.0 Å². The molecule has 1 saturated heterocycles. The van der Waals surface area contributed by atoms with Gasteiger partial charge in [0.1, 0.15) is 0 Å². The van der Waals surface area contributed by atoms with E-state index in [-0.39, 0.29) is 11.5 Å². The lowest BCUT2D eigenvalue weighted by Crippen LogP contribution is -2.50. The summed E-state index contributed by atoms with van der Waals surface area (Å²) in [7, 11) is 0. The molecule has 110 valence electrons. The SMILES string of the molecule is CC(CN)CN1CCN(C(=O)c2ccc(=O)[nH]c2)CC1. The molecule has 0 aliphatic carbocycles. The number of nitrogens with zero attached hydrogens (tertiary/aromatic N) is 2. The van der Waals surface area contributed by atoms with E-state index in [0.29, 0.717) is 18.0 Å². The molecule has 0 bridgehead atoms. The lowest BCUT2D eigenvalue weighted by atomic mass is 10.1. The molecule has 0 radical (unpaired) electrons. The number of H-pyrrole nitrogens is 1. The van der Waals surface area contributed by atoms with Crippen molar-refractivity contribution in [3.05, 3.63) is 34.2 Å². The number of carbonyl (C=O) groups is 1. The van der Waals surface area contributed by atoms with Crippen LogP contribution in [0.2, 0.25) is 0 Å². The zero-order valence-electron chi connectivity index (χ0n) is 11.8. The predicted molar refractivity (Wildman–Crippen MR) is 77.6 cm³/mol. The van der Waals surface area contributed by atoms with Crippen molar-refractivity contribution >= 4 is 5.91 Å². The van der Waals surface area contributed by atoms with Crippen LogP contribution in [0.5, 0.6) is 0 Å². The molecule has 3 N–H and O–H groups in total. The average molecular weight is 278 g/mol. The normalized spacial score (nSPS) is 18.0. The van der Waals surface area contributed by atoms with Gasteiger partial charge in [0.25, 0.3) is 5.91 Å². The molecule has 1 aliphatic heterocycles. The molecule has 1 aromatic heterocycles. The van der Waals surface area contributed by atoms with Gasteiger partial charge in [-0.15, -0.1) is 0 Å². The largest absolute Gasteiger partial charge is 0.336 e. The first-order valence-electron chi connectivity index (χ1n) is 7.00. The van der Waals surface area contributed by atoms with E-state index in [9.17, 15) is 9.59 Å². The first-order valence-corrected chi connectivity index (χ1v) is 7.00. The molecule has 20 heavy (non-hydrogen) atoms. The van der Waals surface area contributed by atoms with Crippen LogP contribution in [0.4, 0.5) is 0 Å². The minimum atomic E-state index is -0.192. The highest BCUT2D eigenvalue weighted by molar-refractivity contribution is 5.93. The van der Waals surface area contributed by atoms with Crippen molar-refractivity contribution in [2.24, 2.45) is 11.7 Å². The summed E-state index contributed by atoms with van der Waals surface area (Å²) >= 11 is 0. The van der Waals surface area contributed by atoms with Crippen molar-refractivity contribution in [2.45, 2.75) is 6.92 Å². The average Bonchev–Trinajstić information content (AvgIpc) is 2.48. The Balaban J connectivity index is 1.88. The van der Waals surface area contributed by atoms with E-state index >= 15 is 0 Å². The van der Waals surface area contributed by atoms with E-state index < -0.39 is 0 Å². The Bertz CT molecular complexity index is 486. The lowest BCUT2D eigenvalue weighted by Gasteiger charge is -2.35. The van der Waals surface area contributed by atoms with Gasteiger partial charge in [0.05, 0.1) is 5.56 Å². The van der Waals surface area contributed by atoms with E-state index in [0.717, 1.165) is 32.7 Å². The van der Waals surface area contributed by atoms with Crippen LogP contribution in [0, 0.1) is 5.92 Å². The fourth-order valence-electron chi connectivity index (χ4n) is 2.38. The van der Waals surface area contributed by atoms with Crippen molar-refractivity contribution in [3.63, 3.8) is 0 Å². The van der Waals surface area contributed by atoms with Gasteiger partial charge < -0.3 is 15.6 Å². The highest BCUT2D eigenvalue weighted by atomic mass is 16.2. The van der Waals surface area contributed by atoms with Gasteiger partial charge in [-0.25, -0.2) is 0 Å². The summed E-state index contributed by atoms with van der Waals surface area (Å²) in [6.07, 6.45) is 1.48. The number of nitrogens with one attached hydrogen (secondary N) is 1. The molecule has 2 rings (SSSR count). The minimum Gasteiger partial charge on any atom is -0.336 e. The van der Waals surface area contributed by atoms with Crippen LogP contribution in [0.25, 0.3) is 0 Å². The molecule has 6 heteroatoms. The second-order valence-electron chi connectivity index (χ2n) is 5.38. The summed E-state index contributed by atoms with van der Waals surface area (Å²) in [6.45, 7) is 6.99. The van der Waals surface area contributed by atoms with E-state index in [1.807, 2.05) is 4.90 Å². The molecule has 1 aromatic rings. The lowest BCUT2D eigenvalue weighted by molar-refractivity contribution is 0.0621. The topological polar surface area (TPSA) is 82.4 Å². The molecule has 1 amide bonds. The first kappa shape index (κ1) is 14.7. The third-order valence-corrected chi connectivity index (χ3v) is 3.66. The van der Waals surface area contributed by atoms with Crippen molar-refractivity contribution < 1.29 is 4.79 Å².